The van der Waals surface area contributed by atoms with Gasteiger partial charge in [-0.05, 0) is 12.2 Å². The summed E-state index contributed by atoms with van der Waals surface area (Å²) in [6.45, 7) is 10.2. The molecule has 2 nitrogen and oxygen atoms in total. The molecule has 1 heterocycles. The van der Waals surface area contributed by atoms with Crippen molar-refractivity contribution < 1.29 is 8.42 Å². The van der Waals surface area contributed by atoms with Crippen LogP contribution in [0.3, 0.4) is 0 Å². The third-order valence-electron chi connectivity index (χ3n) is 2.02. The van der Waals surface area contributed by atoms with E-state index in [-0.39, 0.29) is 0 Å². The van der Waals surface area contributed by atoms with Crippen molar-refractivity contribution in [3.63, 3.8) is 0 Å². The van der Waals surface area contributed by atoms with E-state index in [1.165, 1.54) is 11.8 Å². The zero-order chi connectivity index (χ0) is 11.9. The molecule has 0 N–H and O–H groups in total. The molecule has 0 saturated carbocycles. The summed E-state index contributed by atoms with van der Waals surface area (Å²) < 4.78 is 25.5. The van der Waals surface area contributed by atoms with E-state index >= 15 is 0 Å². The van der Waals surface area contributed by atoms with Gasteiger partial charge in [0.2, 0.25) is 9.84 Å². The minimum Gasteiger partial charge on any atom is -0.219 e. The summed E-state index contributed by atoms with van der Waals surface area (Å²) >= 11 is 1.43. The second kappa shape index (κ2) is 4.11. The predicted molar refractivity (Wildman–Crippen MR) is 71.2 cm³/mol. The van der Waals surface area contributed by atoms with Crippen LogP contribution in [-0.2, 0) is 9.84 Å². The molecule has 0 aliphatic carbocycles. The topological polar surface area (TPSA) is 34.1 Å². The Balaban J connectivity index is 3.01. The van der Waals surface area contributed by atoms with Gasteiger partial charge in [0.25, 0.3) is 0 Å². The maximum atomic E-state index is 12.2. The molecule has 86 valence electrons. The smallest absolute Gasteiger partial charge is 0.204 e. The Bertz CT molecular complexity index is 411. The Morgan fingerprint density at radius 2 is 1.73 bits per heavy atom. The molecule has 0 aromatic carbocycles. The molecule has 0 amide bonds. The predicted octanol–water partition coefficient (Wildman–Crippen LogP) is 3.16. The van der Waals surface area contributed by atoms with Crippen LogP contribution in [0.1, 0.15) is 13.8 Å². The van der Waals surface area contributed by atoms with Crippen LogP contribution in [-0.4, -0.2) is 21.7 Å². The van der Waals surface area contributed by atoms with E-state index in [1.54, 1.807) is 12.2 Å². The minimum atomic E-state index is -3.13. The van der Waals surface area contributed by atoms with Crippen LogP contribution in [0.15, 0.2) is 20.9 Å². The molecule has 0 aromatic heterocycles. The molecule has 0 radical (unpaired) electrons. The number of rotatable bonds is 3. The summed E-state index contributed by atoms with van der Waals surface area (Å²) in [5.41, 5.74) is 0. The molecule has 0 aromatic rings. The van der Waals surface area contributed by atoms with Gasteiger partial charge in [-0.3, -0.25) is 0 Å². The van der Waals surface area contributed by atoms with Crippen LogP contribution in [0.5, 0.6) is 0 Å². The number of allylic oxidation sites excluding steroid dienone is 2. The van der Waals surface area contributed by atoms with Crippen molar-refractivity contribution in [3.05, 3.63) is 20.9 Å². The summed E-state index contributed by atoms with van der Waals surface area (Å²) in [7, 11) is -4.88. The molecule has 0 saturated heterocycles. The molecule has 0 bridgehead atoms. The first-order valence-electron chi connectivity index (χ1n) is 5.00. The lowest BCUT2D eigenvalue weighted by atomic mass is 10.6. The standard InChI is InChI=1S/C10H18O2S2Si/c1-8(2)13-9-6-7-10(14(9,11)12)15(3,4)5/h6-8H,1-5H3. The molecule has 0 spiro atoms. The van der Waals surface area contributed by atoms with Crippen LogP contribution >= 0.6 is 11.8 Å². The number of hydrogen-bond donors (Lipinski definition) is 0. The van der Waals surface area contributed by atoms with Gasteiger partial charge in [0.15, 0.2) is 0 Å². The monoisotopic (exact) mass is 262 g/mol. The minimum absolute atomic E-state index is 0.306. The van der Waals surface area contributed by atoms with Gasteiger partial charge in [-0.25, -0.2) is 8.42 Å². The summed E-state index contributed by atoms with van der Waals surface area (Å²) in [6, 6.07) is 0. The van der Waals surface area contributed by atoms with Crippen molar-refractivity contribution in [1.29, 1.82) is 0 Å². The first-order valence-corrected chi connectivity index (χ1v) is 10.9. The van der Waals surface area contributed by atoms with E-state index in [1.807, 2.05) is 13.8 Å². The lowest BCUT2D eigenvalue weighted by Gasteiger charge is -2.18. The Kier molecular flexibility index (Phi) is 3.58. The van der Waals surface area contributed by atoms with Gasteiger partial charge in [-0.2, -0.15) is 0 Å². The van der Waals surface area contributed by atoms with Crippen LogP contribution in [0.2, 0.25) is 19.6 Å². The maximum absolute atomic E-state index is 12.2. The third-order valence-corrected chi connectivity index (χ3v) is 9.47. The average Bonchev–Trinajstić information content (AvgIpc) is 2.24. The first-order chi connectivity index (χ1) is 6.65. The van der Waals surface area contributed by atoms with E-state index < -0.39 is 17.9 Å². The van der Waals surface area contributed by atoms with Gasteiger partial charge in [0.1, 0.15) is 4.24 Å². The normalized spacial score (nSPS) is 20.4. The van der Waals surface area contributed by atoms with Crippen molar-refractivity contribution >= 4 is 29.7 Å². The maximum Gasteiger partial charge on any atom is 0.204 e. The van der Waals surface area contributed by atoms with Crippen molar-refractivity contribution in [1.82, 2.24) is 0 Å². The Morgan fingerprint density at radius 1 is 1.20 bits per heavy atom. The Hall–Kier alpha value is -0.00312. The summed E-state index contributed by atoms with van der Waals surface area (Å²) in [4.78, 5) is 0. The van der Waals surface area contributed by atoms with E-state index in [9.17, 15) is 8.42 Å². The van der Waals surface area contributed by atoms with E-state index in [0.29, 0.717) is 14.0 Å². The molecular weight excluding hydrogens is 244 g/mol. The highest BCUT2D eigenvalue weighted by Crippen LogP contribution is 2.38. The SMILES string of the molecule is CC(C)SC1=CC=C([Si](C)(C)C)S1(=O)=O. The van der Waals surface area contributed by atoms with Crippen LogP contribution in [0.4, 0.5) is 0 Å². The number of sulfone groups is 1. The molecule has 15 heavy (non-hydrogen) atoms. The highest BCUT2D eigenvalue weighted by molar-refractivity contribution is 8.21. The fourth-order valence-corrected chi connectivity index (χ4v) is 8.45. The molecule has 0 atom stereocenters. The van der Waals surface area contributed by atoms with Crippen LogP contribution in [0.25, 0.3) is 0 Å². The van der Waals surface area contributed by atoms with E-state index in [0.717, 1.165) is 0 Å². The van der Waals surface area contributed by atoms with Crippen LogP contribution in [0, 0.1) is 0 Å². The molecule has 1 aliphatic heterocycles. The van der Waals surface area contributed by atoms with Gasteiger partial charge in [-0.15, -0.1) is 11.8 Å². The zero-order valence-corrected chi connectivity index (χ0v) is 12.5. The van der Waals surface area contributed by atoms with Crippen molar-refractivity contribution in [2.75, 3.05) is 0 Å². The van der Waals surface area contributed by atoms with Gasteiger partial charge < -0.3 is 0 Å². The van der Waals surface area contributed by atoms with Gasteiger partial charge in [-0.1, -0.05) is 33.5 Å². The number of hydrogen-bond acceptors (Lipinski definition) is 3. The summed E-state index contributed by atoms with van der Waals surface area (Å²) in [5, 5.41) is 0.306. The zero-order valence-electron chi connectivity index (χ0n) is 9.87. The molecule has 1 aliphatic rings. The molecule has 5 heteroatoms. The van der Waals surface area contributed by atoms with Crippen molar-refractivity contribution in [3.8, 4) is 0 Å². The molecule has 0 unspecified atom stereocenters. The van der Waals surface area contributed by atoms with E-state index in [2.05, 4.69) is 19.6 Å². The van der Waals surface area contributed by atoms with E-state index in [4.69, 9.17) is 0 Å². The van der Waals surface area contributed by atoms with Crippen LogP contribution < -0.4 is 0 Å². The van der Waals surface area contributed by atoms with Crippen molar-refractivity contribution in [2.24, 2.45) is 0 Å². The molecule has 0 fully saturated rings. The highest BCUT2D eigenvalue weighted by Gasteiger charge is 2.36. The fourth-order valence-electron chi connectivity index (χ4n) is 1.42. The molecule has 1 rings (SSSR count). The van der Waals surface area contributed by atoms with Gasteiger partial charge in [0, 0.05) is 9.78 Å². The summed E-state index contributed by atoms with van der Waals surface area (Å²) in [5.74, 6) is 0. The van der Waals surface area contributed by atoms with Crippen molar-refractivity contribution in [2.45, 2.75) is 38.7 Å². The fraction of sp³-hybridized carbons (Fsp3) is 0.600. The Labute approximate surface area is 97.8 Å². The lowest BCUT2D eigenvalue weighted by Crippen LogP contribution is -2.28. The first kappa shape index (κ1) is 13.1. The second-order valence-corrected chi connectivity index (χ2v) is 14.1. The quantitative estimate of drug-likeness (QED) is 0.733. The summed E-state index contributed by atoms with van der Waals surface area (Å²) in [6.07, 6.45) is 3.56. The van der Waals surface area contributed by atoms with Gasteiger partial charge in [0.05, 0.1) is 8.07 Å². The number of thioether (sulfide) groups is 1. The largest absolute Gasteiger partial charge is 0.219 e. The third kappa shape index (κ3) is 2.76. The van der Waals surface area contributed by atoms with Gasteiger partial charge >= 0.3 is 0 Å². The second-order valence-electron chi connectivity index (χ2n) is 4.94. The highest BCUT2D eigenvalue weighted by atomic mass is 32.3. The Morgan fingerprint density at radius 3 is 2.07 bits per heavy atom. The molecular formula is C10H18O2S2Si. The lowest BCUT2D eigenvalue weighted by molar-refractivity contribution is 0.611. The average molecular weight is 262 g/mol.